The number of carbonyl (C=O) groups excluding carboxylic acids is 1. The minimum Gasteiger partial charge on any atom is -0.462 e. The molecular weight excluding hydrogens is 218 g/mol. The van der Waals surface area contributed by atoms with Crippen molar-refractivity contribution in [2.45, 2.75) is 52.2 Å². The fourth-order valence-electron chi connectivity index (χ4n) is 2.07. The predicted molar refractivity (Wildman–Crippen MR) is 66.9 cm³/mol. The maximum absolute atomic E-state index is 12.0. The molecule has 0 saturated carbocycles. The summed E-state index contributed by atoms with van der Waals surface area (Å²) in [5.41, 5.74) is 0. The molecular formula is C13H25NO3. The summed E-state index contributed by atoms with van der Waals surface area (Å²) in [6.07, 6.45) is 3.03. The highest BCUT2D eigenvalue weighted by molar-refractivity contribution is 5.74. The standard InChI is InChI=1S/C13H25NO3/c1-4-6-10(3)17-13(15)11-8-16-9-12(11)14-7-5-2/h10-12,14H,4-9H2,1-3H3. The molecule has 1 saturated heterocycles. The van der Waals surface area contributed by atoms with Gasteiger partial charge in [0.25, 0.3) is 0 Å². The van der Waals surface area contributed by atoms with Crippen LogP contribution in [0.2, 0.25) is 0 Å². The minimum atomic E-state index is -0.138. The van der Waals surface area contributed by atoms with Gasteiger partial charge in [0.2, 0.25) is 0 Å². The van der Waals surface area contributed by atoms with Crippen LogP contribution < -0.4 is 5.32 Å². The van der Waals surface area contributed by atoms with Crippen molar-refractivity contribution >= 4 is 5.97 Å². The number of ether oxygens (including phenoxy) is 2. The molecule has 0 amide bonds. The fourth-order valence-corrected chi connectivity index (χ4v) is 2.07. The van der Waals surface area contributed by atoms with Gasteiger partial charge in [0, 0.05) is 6.04 Å². The van der Waals surface area contributed by atoms with Crippen LogP contribution in [0, 0.1) is 5.92 Å². The van der Waals surface area contributed by atoms with Crippen LogP contribution in [0.5, 0.6) is 0 Å². The van der Waals surface area contributed by atoms with Gasteiger partial charge in [0.05, 0.1) is 25.2 Å². The first kappa shape index (κ1) is 14.5. The highest BCUT2D eigenvalue weighted by Gasteiger charge is 2.35. The zero-order chi connectivity index (χ0) is 12.7. The lowest BCUT2D eigenvalue weighted by molar-refractivity contribution is -0.154. The molecule has 1 aliphatic heterocycles. The Morgan fingerprint density at radius 1 is 1.41 bits per heavy atom. The van der Waals surface area contributed by atoms with Gasteiger partial charge in [-0.2, -0.15) is 0 Å². The zero-order valence-corrected chi connectivity index (χ0v) is 11.2. The van der Waals surface area contributed by atoms with E-state index in [4.69, 9.17) is 9.47 Å². The second-order valence-electron chi connectivity index (χ2n) is 4.74. The number of esters is 1. The molecule has 1 N–H and O–H groups in total. The molecule has 0 aromatic heterocycles. The second-order valence-corrected chi connectivity index (χ2v) is 4.74. The molecule has 0 spiro atoms. The third kappa shape index (κ3) is 4.64. The lowest BCUT2D eigenvalue weighted by atomic mass is 10.0. The van der Waals surface area contributed by atoms with Crippen LogP contribution in [-0.2, 0) is 14.3 Å². The molecule has 0 radical (unpaired) electrons. The number of nitrogens with one attached hydrogen (secondary N) is 1. The van der Waals surface area contributed by atoms with Crippen molar-refractivity contribution in [1.82, 2.24) is 5.32 Å². The summed E-state index contributed by atoms with van der Waals surface area (Å²) >= 11 is 0. The molecule has 0 bridgehead atoms. The van der Waals surface area contributed by atoms with Gasteiger partial charge in [-0.3, -0.25) is 4.79 Å². The van der Waals surface area contributed by atoms with E-state index >= 15 is 0 Å². The van der Waals surface area contributed by atoms with Crippen LogP contribution in [0.1, 0.15) is 40.0 Å². The summed E-state index contributed by atoms with van der Waals surface area (Å²) in [7, 11) is 0. The molecule has 17 heavy (non-hydrogen) atoms. The van der Waals surface area contributed by atoms with Crippen LogP contribution in [0.4, 0.5) is 0 Å². The first-order valence-corrected chi connectivity index (χ1v) is 6.70. The smallest absolute Gasteiger partial charge is 0.313 e. The van der Waals surface area contributed by atoms with Crippen LogP contribution in [-0.4, -0.2) is 37.9 Å². The Labute approximate surface area is 104 Å². The molecule has 4 heteroatoms. The number of hydrogen-bond donors (Lipinski definition) is 1. The van der Waals surface area contributed by atoms with Gasteiger partial charge in [-0.05, 0) is 26.3 Å². The maximum Gasteiger partial charge on any atom is 0.313 e. The molecule has 0 aromatic carbocycles. The summed E-state index contributed by atoms with van der Waals surface area (Å²) < 4.78 is 10.8. The quantitative estimate of drug-likeness (QED) is 0.692. The molecule has 0 aromatic rings. The minimum absolute atomic E-state index is 0.0138. The first-order chi connectivity index (χ1) is 8.19. The Hall–Kier alpha value is -0.610. The van der Waals surface area contributed by atoms with E-state index in [2.05, 4.69) is 19.2 Å². The van der Waals surface area contributed by atoms with Crippen LogP contribution in [0.15, 0.2) is 0 Å². The van der Waals surface area contributed by atoms with E-state index in [1.165, 1.54) is 0 Å². The second kappa shape index (κ2) is 7.67. The van der Waals surface area contributed by atoms with E-state index in [9.17, 15) is 4.79 Å². The molecule has 0 aliphatic carbocycles. The number of carbonyl (C=O) groups is 1. The molecule has 1 rings (SSSR count). The van der Waals surface area contributed by atoms with E-state index in [1.54, 1.807) is 0 Å². The highest BCUT2D eigenvalue weighted by Crippen LogP contribution is 2.17. The lowest BCUT2D eigenvalue weighted by Gasteiger charge is -2.20. The molecule has 1 heterocycles. The third-order valence-corrected chi connectivity index (χ3v) is 3.05. The van der Waals surface area contributed by atoms with Gasteiger partial charge in [0.1, 0.15) is 0 Å². The third-order valence-electron chi connectivity index (χ3n) is 3.05. The summed E-state index contributed by atoms with van der Waals surface area (Å²) in [5, 5.41) is 3.34. The molecule has 1 fully saturated rings. The van der Waals surface area contributed by atoms with Gasteiger partial charge >= 0.3 is 5.97 Å². The van der Waals surface area contributed by atoms with E-state index in [0.717, 1.165) is 25.8 Å². The van der Waals surface area contributed by atoms with Gasteiger partial charge in [0.15, 0.2) is 0 Å². The van der Waals surface area contributed by atoms with Crippen molar-refractivity contribution < 1.29 is 14.3 Å². The van der Waals surface area contributed by atoms with Crippen molar-refractivity contribution in [2.75, 3.05) is 19.8 Å². The molecule has 1 aliphatic rings. The average Bonchev–Trinajstić information content (AvgIpc) is 2.74. The van der Waals surface area contributed by atoms with Gasteiger partial charge < -0.3 is 14.8 Å². The summed E-state index contributed by atoms with van der Waals surface area (Å²) in [6, 6.07) is 0.122. The highest BCUT2D eigenvalue weighted by atomic mass is 16.5. The zero-order valence-electron chi connectivity index (χ0n) is 11.2. The van der Waals surface area contributed by atoms with Crippen molar-refractivity contribution in [3.05, 3.63) is 0 Å². The normalized spacial score (nSPS) is 25.8. The van der Waals surface area contributed by atoms with E-state index in [-0.39, 0.29) is 24.0 Å². The average molecular weight is 243 g/mol. The molecule has 100 valence electrons. The van der Waals surface area contributed by atoms with Crippen LogP contribution in [0.25, 0.3) is 0 Å². The van der Waals surface area contributed by atoms with Gasteiger partial charge in [-0.15, -0.1) is 0 Å². The number of rotatable bonds is 7. The van der Waals surface area contributed by atoms with Gasteiger partial charge in [-0.25, -0.2) is 0 Å². The Kier molecular flexibility index (Phi) is 6.52. The number of hydrogen-bond acceptors (Lipinski definition) is 4. The van der Waals surface area contributed by atoms with E-state index < -0.39 is 0 Å². The summed E-state index contributed by atoms with van der Waals surface area (Å²) in [5.74, 6) is -0.252. The van der Waals surface area contributed by atoms with Crippen molar-refractivity contribution in [2.24, 2.45) is 5.92 Å². The Morgan fingerprint density at radius 2 is 2.18 bits per heavy atom. The van der Waals surface area contributed by atoms with Crippen molar-refractivity contribution in [3.63, 3.8) is 0 Å². The lowest BCUT2D eigenvalue weighted by Crippen LogP contribution is -2.41. The molecule has 4 nitrogen and oxygen atoms in total. The van der Waals surface area contributed by atoms with E-state index in [1.807, 2.05) is 6.92 Å². The topological polar surface area (TPSA) is 47.6 Å². The largest absolute Gasteiger partial charge is 0.462 e. The first-order valence-electron chi connectivity index (χ1n) is 6.70. The van der Waals surface area contributed by atoms with Crippen LogP contribution >= 0.6 is 0 Å². The summed E-state index contributed by atoms with van der Waals surface area (Å²) in [4.78, 5) is 12.0. The maximum atomic E-state index is 12.0. The van der Waals surface area contributed by atoms with Crippen molar-refractivity contribution in [1.29, 1.82) is 0 Å². The monoisotopic (exact) mass is 243 g/mol. The molecule has 3 unspecified atom stereocenters. The van der Waals surface area contributed by atoms with Gasteiger partial charge in [-0.1, -0.05) is 20.3 Å². The Bertz CT molecular complexity index is 233. The van der Waals surface area contributed by atoms with Crippen molar-refractivity contribution in [3.8, 4) is 0 Å². The fraction of sp³-hybridized carbons (Fsp3) is 0.923. The predicted octanol–water partition coefficient (Wildman–Crippen LogP) is 1.73. The summed E-state index contributed by atoms with van der Waals surface area (Å²) in [6.45, 7) is 8.17. The Balaban J connectivity index is 2.38. The molecule has 3 atom stereocenters. The van der Waals surface area contributed by atoms with Crippen LogP contribution in [0.3, 0.4) is 0 Å². The van der Waals surface area contributed by atoms with E-state index in [0.29, 0.717) is 13.2 Å². The Morgan fingerprint density at radius 3 is 2.82 bits per heavy atom. The SMILES string of the molecule is CCCNC1COCC1C(=O)OC(C)CCC.